The zero-order valence-corrected chi connectivity index (χ0v) is 14.0. The second-order valence-corrected chi connectivity index (χ2v) is 6.24. The minimum Gasteiger partial charge on any atom is -0.354 e. The minimum atomic E-state index is -4.36. The SMILES string of the molecule is CCCN1CCCCC1C(=O)NCCc1ccccc1C(F)(F)F. The van der Waals surface area contributed by atoms with Gasteiger partial charge in [-0.3, -0.25) is 9.69 Å². The molecule has 1 aromatic rings. The first-order valence-electron chi connectivity index (χ1n) is 8.60. The predicted molar refractivity (Wildman–Crippen MR) is 87.7 cm³/mol. The van der Waals surface area contributed by atoms with Crippen LogP contribution in [0.1, 0.15) is 43.7 Å². The van der Waals surface area contributed by atoms with Crippen molar-refractivity contribution in [1.82, 2.24) is 10.2 Å². The average molecular weight is 342 g/mol. The van der Waals surface area contributed by atoms with Crippen LogP contribution in [0.3, 0.4) is 0 Å². The first-order chi connectivity index (χ1) is 11.4. The largest absolute Gasteiger partial charge is 0.416 e. The Morgan fingerprint density at radius 1 is 1.29 bits per heavy atom. The van der Waals surface area contributed by atoms with Crippen LogP contribution in [0.5, 0.6) is 0 Å². The van der Waals surface area contributed by atoms with E-state index < -0.39 is 11.7 Å². The summed E-state index contributed by atoms with van der Waals surface area (Å²) in [6.45, 7) is 4.11. The van der Waals surface area contributed by atoms with Gasteiger partial charge in [0, 0.05) is 6.54 Å². The van der Waals surface area contributed by atoms with E-state index in [1.807, 2.05) is 0 Å². The third-order valence-electron chi connectivity index (χ3n) is 4.44. The molecule has 1 aliphatic rings. The van der Waals surface area contributed by atoms with Crippen molar-refractivity contribution in [3.05, 3.63) is 35.4 Å². The summed E-state index contributed by atoms with van der Waals surface area (Å²) in [6.07, 6.45) is -0.241. The molecule has 1 fully saturated rings. The lowest BCUT2D eigenvalue weighted by Gasteiger charge is -2.34. The van der Waals surface area contributed by atoms with E-state index in [2.05, 4.69) is 17.1 Å². The summed E-state index contributed by atoms with van der Waals surface area (Å²) >= 11 is 0. The molecular formula is C18H25F3N2O. The van der Waals surface area contributed by atoms with Gasteiger partial charge < -0.3 is 5.32 Å². The van der Waals surface area contributed by atoms with Crippen molar-refractivity contribution >= 4 is 5.91 Å². The quantitative estimate of drug-likeness (QED) is 0.856. The summed E-state index contributed by atoms with van der Waals surface area (Å²) in [6, 6.07) is 5.39. The number of rotatable bonds is 6. The van der Waals surface area contributed by atoms with Gasteiger partial charge in [-0.2, -0.15) is 13.2 Å². The van der Waals surface area contributed by atoms with Crippen LogP contribution in [0.4, 0.5) is 13.2 Å². The number of benzene rings is 1. The monoisotopic (exact) mass is 342 g/mol. The molecular weight excluding hydrogens is 317 g/mol. The van der Waals surface area contributed by atoms with Crippen molar-refractivity contribution in [2.75, 3.05) is 19.6 Å². The molecule has 1 atom stereocenters. The van der Waals surface area contributed by atoms with E-state index in [0.717, 1.165) is 44.8 Å². The van der Waals surface area contributed by atoms with Gasteiger partial charge in [0.1, 0.15) is 0 Å². The lowest BCUT2D eigenvalue weighted by atomic mass is 10.0. The molecule has 0 spiro atoms. The zero-order chi connectivity index (χ0) is 17.6. The van der Waals surface area contributed by atoms with Crippen molar-refractivity contribution in [3.63, 3.8) is 0 Å². The van der Waals surface area contributed by atoms with Crippen molar-refractivity contribution in [3.8, 4) is 0 Å². The molecule has 0 aliphatic carbocycles. The summed E-state index contributed by atoms with van der Waals surface area (Å²) in [7, 11) is 0. The molecule has 0 aromatic heterocycles. The number of amides is 1. The standard InChI is InChI=1S/C18H25F3N2O/c1-2-12-23-13-6-5-9-16(23)17(24)22-11-10-14-7-3-4-8-15(14)18(19,20)21/h3-4,7-8,16H,2,5-6,9-13H2,1H3,(H,22,24). The van der Waals surface area contributed by atoms with Crippen LogP contribution in [-0.4, -0.2) is 36.5 Å². The van der Waals surface area contributed by atoms with Crippen LogP contribution < -0.4 is 5.32 Å². The van der Waals surface area contributed by atoms with Crippen LogP contribution in [-0.2, 0) is 17.4 Å². The molecule has 1 aliphatic heterocycles. The van der Waals surface area contributed by atoms with Crippen molar-refractivity contribution in [1.29, 1.82) is 0 Å². The van der Waals surface area contributed by atoms with Gasteiger partial charge in [0.2, 0.25) is 5.91 Å². The summed E-state index contributed by atoms with van der Waals surface area (Å²) in [5.41, 5.74) is -0.399. The number of likely N-dealkylation sites (tertiary alicyclic amines) is 1. The molecule has 2 rings (SSSR count). The molecule has 1 N–H and O–H groups in total. The van der Waals surface area contributed by atoms with Gasteiger partial charge in [0.15, 0.2) is 0 Å². The van der Waals surface area contributed by atoms with Gasteiger partial charge in [-0.15, -0.1) is 0 Å². The highest BCUT2D eigenvalue weighted by atomic mass is 19.4. The van der Waals surface area contributed by atoms with Gasteiger partial charge >= 0.3 is 6.18 Å². The molecule has 3 nitrogen and oxygen atoms in total. The van der Waals surface area contributed by atoms with Gasteiger partial charge in [-0.25, -0.2) is 0 Å². The fourth-order valence-electron chi connectivity index (χ4n) is 3.30. The van der Waals surface area contributed by atoms with E-state index in [-0.39, 0.29) is 30.5 Å². The molecule has 1 unspecified atom stereocenters. The Morgan fingerprint density at radius 2 is 2.04 bits per heavy atom. The van der Waals surface area contributed by atoms with E-state index in [9.17, 15) is 18.0 Å². The molecule has 6 heteroatoms. The Hall–Kier alpha value is -1.56. The lowest BCUT2D eigenvalue weighted by molar-refractivity contribution is -0.138. The van der Waals surface area contributed by atoms with E-state index in [4.69, 9.17) is 0 Å². The molecule has 1 saturated heterocycles. The maximum atomic E-state index is 13.0. The van der Waals surface area contributed by atoms with Gasteiger partial charge in [-0.1, -0.05) is 31.5 Å². The first-order valence-corrected chi connectivity index (χ1v) is 8.60. The summed E-state index contributed by atoms with van der Waals surface area (Å²) in [4.78, 5) is 14.6. The molecule has 0 bridgehead atoms. The number of halogens is 3. The number of carbonyl (C=O) groups excluding carboxylic acids is 1. The van der Waals surface area contributed by atoms with Crippen molar-refractivity contribution in [2.45, 2.75) is 51.2 Å². The zero-order valence-electron chi connectivity index (χ0n) is 14.0. The maximum absolute atomic E-state index is 13.0. The second-order valence-electron chi connectivity index (χ2n) is 6.24. The fraction of sp³-hybridized carbons (Fsp3) is 0.611. The van der Waals surface area contributed by atoms with Gasteiger partial charge in [-0.05, 0) is 50.4 Å². The Labute approximate surface area is 141 Å². The molecule has 1 amide bonds. The number of piperidine rings is 1. The van der Waals surface area contributed by atoms with E-state index in [1.165, 1.54) is 12.1 Å². The Bertz CT molecular complexity index is 543. The summed E-state index contributed by atoms with van der Waals surface area (Å²) < 4.78 is 38.9. The van der Waals surface area contributed by atoms with E-state index in [0.29, 0.717) is 0 Å². The Kier molecular flexibility index (Phi) is 6.66. The third kappa shape index (κ3) is 4.97. The molecule has 1 aromatic carbocycles. The molecule has 134 valence electrons. The predicted octanol–water partition coefficient (Wildman–Crippen LogP) is 3.63. The number of carbonyl (C=O) groups is 1. The van der Waals surface area contributed by atoms with Crippen LogP contribution in [0.25, 0.3) is 0 Å². The van der Waals surface area contributed by atoms with Crippen LogP contribution in [0.15, 0.2) is 24.3 Å². The van der Waals surface area contributed by atoms with Crippen molar-refractivity contribution in [2.24, 2.45) is 0 Å². The van der Waals surface area contributed by atoms with Crippen LogP contribution in [0, 0.1) is 0 Å². The fourth-order valence-corrected chi connectivity index (χ4v) is 3.30. The highest BCUT2D eigenvalue weighted by Crippen LogP contribution is 2.31. The van der Waals surface area contributed by atoms with Gasteiger partial charge in [0.05, 0.1) is 11.6 Å². The second kappa shape index (κ2) is 8.51. The summed E-state index contributed by atoms with van der Waals surface area (Å²) in [5.74, 6) is -0.0624. The Morgan fingerprint density at radius 3 is 2.75 bits per heavy atom. The number of hydrogen-bond acceptors (Lipinski definition) is 2. The molecule has 24 heavy (non-hydrogen) atoms. The van der Waals surface area contributed by atoms with E-state index in [1.54, 1.807) is 6.07 Å². The highest BCUT2D eigenvalue weighted by molar-refractivity contribution is 5.81. The van der Waals surface area contributed by atoms with Crippen LogP contribution in [0.2, 0.25) is 0 Å². The van der Waals surface area contributed by atoms with Gasteiger partial charge in [0.25, 0.3) is 0 Å². The molecule has 0 saturated carbocycles. The molecule has 1 heterocycles. The maximum Gasteiger partial charge on any atom is 0.416 e. The normalized spacial score (nSPS) is 19.2. The van der Waals surface area contributed by atoms with Crippen LogP contribution >= 0.6 is 0 Å². The Balaban J connectivity index is 1.91. The third-order valence-corrected chi connectivity index (χ3v) is 4.44. The number of nitrogens with one attached hydrogen (secondary N) is 1. The topological polar surface area (TPSA) is 32.3 Å². The number of hydrogen-bond donors (Lipinski definition) is 1. The minimum absolute atomic E-state index is 0.0624. The lowest BCUT2D eigenvalue weighted by Crippen LogP contribution is -2.50. The number of alkyl halides is 3. The highest BCUT2D eigenvalue weighted by Gasteiger charge is 2.33. The molecule has 0 radical (unpaired) electrons. The number of nitrogens with zero attached hydrogens (tertiary/aromatic N) is 1. The van der Waals surface area contributed by atoms with Crippen molar-refractivity contribution < 1.29 is 18.0 Å². The smallest absolute Gasteiger partial charge is 0.354 e. The average Bonchev–Trinajstić information content (AvgIpc) is 2.55. The summed E-state index contributed by atoms with van der Waals surface area (Å²) in [5, 5.41) is 2.82. The van der Waals surface area contributed by atoms with E-state index >= 15 is 0 Å². The first kappa shape index (κ1) is 18.8.